The van der Waals surface area contributed by atoms with Gasteiger partial charge in [-0.2, -0.15) is 0 Å². The Morgan fingerprint density at radius 3 is 2.89 bits per heavy atom. The molecule has 0 bridgehead atoms. The van der Waals surface area contributed by atoms with Gasteiger partial charge in [-0.1, -0.05) is 19.4 Å². The lowest BCUT2D eigenvalue weighted by Gasteiger charge is -2.33. The van der Waals surface area contributed by atoms with Gasteiger partial charge in [-0.3, -0.25) is 0 Å². The molecule has 1 saturated heterocycles. The Hall–Kier alpha value is -0.870. The van der Waals surface area contributed by atoms with Gasteiger partial charge in [-0.15, -0.1) is 0 Å². The van der Waals surface area contributed by atoms with Gasteiger partial charge in [0.05, 0.1) is 0 Å². The van der Waals surface area contributed by atoms with Gasteiger partial charge in [-0.25, -0.2) is 4.79 Å². The van der Waals surface area contributed by atoms with E-state index in [1.807, 2.05) is 6.92 Å². The third-order valence-corrected chi connectivity index (χ3v) is 3.89. The average molecular weight is 268 g/mol. The summed E-state index contributed by atoms with van der Waals surface area (Å²) >= 11 is 0. The predicted octanol–water partition coefficient (Wildman–Crippen LogP) is 2.26. The summed E-state index contributed by atoms with van der Waals surface area (Å²) in [6.45, 7) is 8.19. The molecular weight excluding hydrogens is 240 g/mol. The van der Waals surface area contributed by atoms with Crippen molar-refractivity contribution in [2.45, 2.75) is 52.0 Å². The molecule has 0 aromatic rings. The second-order valence-corrected chi connectivity index (χ2v) is 5.33. The number of nitrogens with zero attached hydrogens (tertiary/aromatic N) is 1. The van der Waals surface area contributed by atoms with E-state index in [1.54, 1.807) is 6.08 Å². The first kappa shape index (κ1) is 16.2. The lowest BCUT2D eigenvalue weighted by molar-refractivity contribution is -0.132. The minimum Gasteiger partial charge on any atom is -0.478 e. The number of hydrogen-bond acceptors (Lipinski definition) is 3. The van der Waals surface area contributed by atoms with E-state index in [0.29, 0.717) is 18.5 Å². The van der Waals surface area contributed by atoms with Crippen LogP contribution < -0.4 is 5.32 Å². The van der Waals surface area contributed by atoms with Crippen LogP contribution in [0.2, 0.25) is 0 Å². The van der Waals surface area contributed by atoms with Crippen LogP contribution in [0.15, 0.2) is 11.6 Å². The van der Waals surface area contributed by atoms with E-state index < -0.39 is 5.97 Å². The molecule has 0 radical (unpaired) electrons. The van der Waals surface area contributed by atoms with Gasteiger partial charge in [0.25, 0.3) is 0 Å². The first-order valence-electron chi connectivity index (χ1n) is 7.52. The number of likely N-dealkylation sites (tertiary alicyclic amines) is 1. The van der Waals surface area contributed by atoms with Crippen LogP contribution in [0.25, 0.3) is 0 Å². The fourth-order valence-electron chi connectivity index (χ4n) is 2.58. The van der Waals surface area contributed by atoms with Gasteiger partial charge >= 0.3 is 5.97 Å². The summed E-state index contributed by atoms with van der Waals surface area (Å²) in [7, 11) is 0. The van der Waals surface area contributed by atoms with Crippen molar-refractivity contribution in [1.82, 2.24) is 10.2 Å². The number of hydrogen-bond donors (Lipinski definition) is 2. The second kappa shape index (κ2) is 9.10. The highest BCUT2D eigenvalue weighted by Gasteiger charge is 2.16. The van der Waals surface area contributed by atoms with E-state index in [-0.39, 0.29) is 0 Å². The number of carbonyl (C=O) groups is 1. The van der Waals surface area contributed by atoms with Crippen molar-refractivity contribution < 1.29 is 9.90 Å². The van der Waals surface area contributed by atoms with Gasteiger partial charge in [-0.05, 0) is 52.2 Å². The number of piperidine rings is 1. The molecule has 1 aliphatic rings. The van der Waals surface area contributed by atoms with E-state index in [0.717, 1.165) is 25.6 Å². The van der Waals surface area contributed by atoms with E-state index >= 15 is 0 Å². The largest absolute Gasteiger partial charge is 0.478 e. The van der Waals surface area contributed by atoms with E-state index in [2.05, 4.69) is 17.1 Å². The topological polar surface area (TPSA) is 52.6 Å². The second-order valence-electron chi connectivity index (χ2n) is 5.33. The van der Waals surface area contributed by atoms with Crippen molar-refractivity contribution in [3.63, 3.8) is 0 Å². The molecule has 0 aromatic heterocycles. The molecule has 1 heterocycles. The maximum Gasteiger partial charge on any atom is 0.331 e. The Balaban J connectivity index is 2.09. The first-order chi connectivity index (χ1) is 9.15. The Labute approximate surface area is 116 Å². The predicted molar refractivity (Wildman–Crippen MR) is 78.4 cm³/mol. The fraction of sp³-hybridized carbons (Fsp3) is 0.800. The molecule has 4 heteroatoms. The molecule has 110 valence electrons. The SMILES string of the molecule is CCC(=CCNCCCN1CCCCC1C)C(=O)O. The summed E-state index contributed by atoms with van der Waals surface area (Å²) in [5.74, 6) is -0.800. The molecule has 1 fully saturated rings. The van der Waals surface area contributed by atoms with E-state index in [1.165, 1.54) is 25.8 Å². The van der Waals surface area contributed by atoms with Crippen LogP contribution in [0.3, 0.4) is 0 Å². The van der Waals surface area contributed by atoms with Crippen molar-refractivity contribution in [1.29, 1.82) is 0 Å². The van der Waals surface area contributed by atoms with Gasteiger partial charge in [0.15, 0.2) is 0 Å². The van der Waals surface area contributed by atoms with E-state index in [9.17, 15) is 4.79 Å². The highest BCUT2D eigenvalue weighted by molar-refractivity contribution is 5.86. The normalized spacial score (nSPS) is 21.6. The maximum absolute atomic E-state index is 10.8. The van der Waals surface area contributed by atoms with Crippen LogP contribution in [0, 0.1) is 0 Å². The van der Waals surface area contributed by atoms with Crippen LogP contribution in [0.5, 0.6) is 0 Å². The molecular formula is C15H28N2O2. The lowest BCUT2D eigenvalue weighted by Crippen LogP contribution is -2.38. The third kappa shape index (κ3) is 6.21. The molecule has 0 spiro atoms. The molecule has 0 saturated carbocycles. The highest BCUT2D eigenvalue weighted by Crippen LogP contribution is 2.15. The number of carboxylic acid groups (broad SMARTS) is 1. The van der Waals surface area contributed by atoms with Crippen LogP contribution in [-0.4, -0.2) is 48.2 Å². The molecule has 1 aliphatic heterocycles. The molecule has 19 heavy (non-hydrogen) atoms. The molecule has 2 N–H and O–H groups in total. The standard InChI is InChI=1S/C15H28N2O2/c1-3-14(15(18)19)8-10-16-9-6-12-17-11-5-4-7-13(17)2/h8,13,16H,3-7,9-12H2,1-2H3,(H,18,19). The summed E-state index contributed by atoms with van der Waals surface area (Å²) < 4.78 is 0. The molecule has 1 unspecified atom stereocenters. The molecule has 0 aliphatic carbocycles. The Bertz CT molecular complexity index is 303. The van der Waals surface area contributed by atoms with Crippen LogP contribution in [-0.2, 0) is 4.79 Å². The van der Waals surface area contributed by atoms with Crippen LogP contribution >= 0.6 is 0 Å². The highest BCUT2D eigenvalue weighted by atomic mass is 16.4. The molecule has 0 aromatic carbocycles. The molecule has 0 amide bonds. The average Bonchev–Trinajstić information content (AvgIpc) is 2.39. The Morgan fingerprint density at radius 1 is 1.47 bits per heavy atom. The number of aliphatic carboxylic acids is 1. The molecule has 1 rings (SSSR count). The van der Waals surface area contributed by atoms with Gasteiger partial charge in [0.1, 0.15) is 0 Å². The number of rotatable bonds is 8. The van der Waals surface area contributed by atoms with Crippen LogP contribution in [0.4, 0.5) is 0 Å². The zero-order valence-electron chi connectivity index (χ0n) is 12.3. The summed E-state index contributed by atoms with van der Waals surface area (Å²) in [5.41, 5.74) is 0.497. The van der Waals surface area contributed by atoms with Crippen molar-refractivity contribution >= 4 is 5.97 Å². The Morgan fingerprint density at radius 2 is 2.26 bits per heavy atom. The minimum atomic E-state index is -0.800. The summed E-state index contributed by atoms with van der Waals surface area (Å²) in [5, 5.41) is 12.2. The zero-order valence-corrected chi connectivity index (χ0v) is 12.3. The monoisotopic (exact) mass is 268 g/mol. The maximum atomic E-state index is 10.8. The zero-order chi connectivity index (χ0) is 14.1. The summed E-state index contributed by atoms with van der Waals surface area (Å²) in [6.07, 6.45) is 7.53. The third-order valence-electron chi connectivity index (χ3n) is 3.89. The lowest BCUT2D eigenvalue weighted by atomic mass is 10.0. The van der Waals surface area contributed by atoms with E-state index in [4.69, 9.17) is 5.11 Å². The molecule has 4 nitrogen and oxygen atoms in total. The first-order valence-corrected chi connectivity index (χ1v) is 7.52. The van der Waals surface area contributed by atoms with Crippen molar-refractivity contribution in [2.75, 3.05) is 26.2 Å². The quantitative estimate of drug-likeness (QED) is 0.524. The van der Waals surface area contributed by atoms with Crippen molar-refractivity contribution in [2.24, 2.45) is 0 Å². The number of nitrogens with one attached hydrogen (secondary N) is 1. The van der Waals surface area contributed by atoms with Crippen molar-refractivity contribution in [3.05, 3.63) is 11.6 Å². The Kier molecular flexibility index (Phi) is 7.75. The minimum absolute atomic E-state index is 0.497. The smallest absolute Gasteiger partial charge is 0.331 e. The van der Waals surface area contributed by atoms with Crippen LogP contribution in [0.1, 0.15) is 46.0 Å². The summed E-state index contributed by atoms with van der Waals surface area (Å²) in [6, 6.07) is 0.729. The van der Waals surface area contributed by atoms with Gasteiger partial charge < -0.3 is 15.3 Å². The van der Waals surface area contributed by atoms with Gasteiger partial charge in [0.2, 0.25) is 0 Å². The fourth-order valence-corrected chi connectivity index (χ4v) is 2.58. The molecule has 1 atom stereocenters. The number of carboxylic acids is 1. The summed E-state index contributed by atoms with van der Waals surface area (Å²) in [4.78, 5) is 13.4. The van der Waals surface area contributed by atoms with Crippen molar-refractivity contribution in [3.8, 4) is 0 Å². The van der Waals surface area contributed by atoms with Gasteiger partial charge in [0, 0.05) is 18.2 Å².